The standard InChI is InChI=1S/C12H16ClNO2/c1-16-12-5-4-9(13)7-11(12)14-6-2-3-10(15)8-14/h4-5,7,10,15H,2-3,6,8H2,1H3. The summed E-state index contributed by atoms with van der Waals surface area (Å²) in [6.45, 7) is 1.59. The molecule has 1 aliphatic heterocycles. The van der Waals surface area contributed by atoms with Crippen molar-refractivity contribution in [2.24, 2.45) is 0 Å². The first-order valence-corrected chi connectivity index (χ1v) is 5.85. The van der Waals surface area contributed by atoms with Crippen LogP contribution in [0.25, 0.3) is 0 Å². The van der Waals surface area contributed by atoms with Crippen molar-refractivity contribution in [1.29, 1.82) is 0 Å². The molecule has 0 amide bonds. The first kappa shape index (κ1) is 11.6. The average Bonchev–Trinajstić information content (AvgIpc) is 2.29. The van der Waals surface area contributed by atoms with Gasteiger partial charge in [-0.15, -0.1) is 0 Å². The monoisotopic (exact) mass is 241 g/mol. The van der Waals surface area contributed by atoms with Crippen molar-refractivity contribution in [2.45, 2.75) is 18.9 Å². The number of hydrogen-bond acceptors (Lipinski definition) is 3. The highest BCUT2D eigenvalue weighted by molar-refractivity contribution is 6.30. The van der Waals surface area contributed by atoms with E-state index < -0.39 is 0 Å². The Hall–Kier alpha value is -0.930. The van der Waals surface area contributed by atoms with Crippen LogP contribution in [0.3, 0.4) is 0 Å². The van der Waals surface area contributed by atoms with E-state index in [0.29, 0.717) is 11.6 Å². The average molecular weight is 242 g/mol. The third-order valence-corrected chi connectivity index (χ3v) is 3.11. The molecule has 1 unspecified atom stereocenters. The van der Waals surface area contributed by atoms with E-state index in [4.69, 9.17) is 16.3 Å². The maximum absolute atomic E-state index is 9.66. The second kappa shape index (κ2) is 4.93. The van der Waals surface area contributed by atoms with E-state index in [9.17, 15) is 5.11 Å². The van der Waals surface area contributed by atoms with Gasteiger partial charge in [0.1, 0.15) is 5.75 Å². The summed E-state index contributed by atoms with van der Waals surface area (Å²) in [6, 6.07) is 5.56. The van der Waals surface area contributed by atoms with Crippen LogP contribution < -0.4 is 9.64 Å². The molecule has 1 atom stereocenters. The van der Waals surface area contributed by atoms with E-state index in [2.05, 4.69) is 4.90 Å². The Morgan fingerprint density at radius 2 is 2.31 bits per heavy atom. The van der Waals surface area contributed by atoms with Gasteiger partial charge in [0.05, 0.1) is 18.9 Å². The SMILES string of the molecule is COc1ccc(Cl)cc1N1CCCC(O)C1. The molecule has 1 saturated heterocycles. The number of halogens is 1. The van der Waals surface area contributed by atoms with Gasteiger partial charge in [-0.1, -0.05) is 11.6 Å². The van der Waals surface area contributed by atoms with Gasteiger partial charge in [0.25, 0.3) is 0 Å². The first-order chi connectivity index (χ1) is 7.70. The summed E-state index contributed by atoms with van der Waals surface area (Å²) in [7, 11) is 1.65. The number of β-amino-alcohol motifs (C(OH)–C–C–N with tert-alkyl or cyclic N) is 1. The molecule has 0 aromatic heterocycles. The van der Waals surface area contributed by atoms with Crippen molar-refractivity contribution in [3.8, 4) is 5.75 Å². The Bertz CT molecular complexity index is 370. The number of ether oxygens (including phenoxy) is 1. The number of methoxy groups -OCH3 is 1. The maximum atomic E-state index is 9.66. The fourth-order valence-corrected chi connectivity index (χ4v) is 2.25. The van der Waals surface area contributed by atoms with Crippen LogP contribution in [0.5, 0.6) is 5.75 Å². The molecule has 88 valence electrons. The Kier molecular flexibility index (Phi) is 3.56. The van der Waals surface area contributed by atoms with Gasteiger partial charge in [-0.25, -0.2) is 0 Å². The first-order valence-electron chi connectivity index (χ1n) is 5.47. The van der Waals surface area contributed by atoms with E-state index in [0.717, 1.165) is 30.8 Å². The normalized spacial score (nSPS) is 20.9. The molecule has 0 spiro atoms. The lowest BCUT2D eigenvalue weighted by atomic mass is 10.1. The molecule has 0 saturated carbocycles. The summed E-state index contributed by atoms with van der Waals surface area (Å²) >= 11 is 5.98. The highest BCUT2D eigenvalue weighted by atomic mass is 35.5. The van der Waals surface area contributed by atoms with Gasteiger partial charge in [0, 0.05) is 18.1 Å². The van der Waals surface area contributed by atoms with Crippen molar-refractivity contribution in [2.75, 3.05) is 25.1 Å². The zero-order chi connectivity index (χ0) is 11.5. The molecule has 2 rings (SSSR count). The Labute approximate surface area is 101 Å². The summed E-state index contributed by atoms with van der Waals surface area (Å²) in [5.41, 5.74) is 0.966. The van der Waals surface area contributed by atoms with Crippen LogP contribution in [0.1, 0.15) is 12.8 Å². The third-order valence-electron chi connectivity index (χ3n) is 2.88. The van der Waals surface area contributed by atoms with E-state index in [-0.39, 0.29) is 6.10 Å². The van der Waals surface area contributed by atoms with Gasteiger partial charge in [-0.05, 0) is 31.0 Å². The van der Waals surface area contributed by atoms with Crippen molar-refractivity contribution in [3.63, 3.8) is 0 Å². The number of rotatable bonds is 2. The quantitative estimate of drug-likeness (QED) is 0.863. The summed E-state index contributed by atoms with van der Waals surface area (Å²) in [4.78, 5) is 2.12. The molecule has 0 bridgehead atoms. The number of aliphatic hydroxyl groups is 1. The number of hydrogen-bond donors (Lipinski definition) is 1. The number of anilines is 1. The summed E-state index contributed by atoms with van der Waals surface area (Å²) < 4.78 is 5.31. The van der Waals surface area contributed by atoms with Crippen LogP contribution >= 0.6 is 11.6 Å². The van der Waals surface area contributed by atoms with Crippen LogP contribution in [0.2, 0.25) is 5.02 Å². The number of piperidine rings is 1. The molecule has 4 heteroatoms. The molecule has 1 aliphatic rings. The predicted octanol–water partition coefficient (Wildman–Crippen LogP) is 2.31. The van der Waals surface area contributed by atoms with Gasteiger partial charge in [-0.2, -0.15) is 0 Å². The van der Waals surface area contributed by atoms with Crippen molar-refractivity contribution >= 4 is 17.3 Å². The van der Waals surface area contributed by atoms with Gasteiger partial charge >= 0.3 is 0 Å². The smallest absolute Gasteiger partial charge is 0.142 e. The molecule has 16 heavy (non-hydrogen) atoms. The van der Waals surface area contributed by atoms with E-state index >= 15 is 0 Å². The summed E-state index contributed by atoms with van der Waals surface area (Å²) in [5.74, 6) is 0.804. The van der Waals surface area contributed by atoms with E-state index in [1.54, 1.807) is 7.11 Å². The van der Waals surface area contributed by atoms with Crippen LogP contribution in [0.15, 0.2) is 18.2 Å². The zero-order valence-electron chi connectivity index (χ0n) is 9.32. The summed E-state index contributed by atoms with van der Waals surface area (Å²) in [5, 5.41) is 10.3. The van der Waals surface area contributed by atoms with Crippen LogP contribution in [0, 0.1) is 0 Å². The second-order valence-electron chi connectivity index (χ2n) is 4.06. The number of benzene rings is 1. The maximum Gasteiger partial charge on any atom is 0.142 e. The molecule has 1 N–H and O–H groups in total. The van der Waals surface area contributed by atoms with Crippen molar-refractivity contribution < 1.29 is 9.84 Å². The Morgan fingerprint density at radius 1 is 1.50 bits per heavy atom. The van der Waals surface area contributed by atoms with Crippen LogP contribution in [-0.2, 0) is 0 Å². The lowest BCUT2D eigenvalue weighted by Gasteiger charge is -2.32. The number of aliphatic hydroxyl groups excluding tert-OH is 1. The van der Waals surface area contributed by atoms with Gasteiger partial charge in [0.2, 0.25) is 0 Å². The molecule has 1 aromatic carbocycles. The number of nitrogens with zero attached hydrogens (tertiary/aromatic N) is 1. The van der Waals surface area contributed by atoms with Gasteiger partial charge in [0.15, 0.2) is 0 Å². The lowest BCUT2D eigenvalue weighted by Crippen LogP contribution is -2.38. The van der Waals surface area contributed by atoms with Crippen LogP contribution in [0.4, 0.5) is 5.69 Å². The third kappa shape index (κ3) is 2.42. The fourth-order valence-electron chi connectivity index (χ4n) is 2.08. The predicted molar refractivity (Wildman–Crippen MR) is 65.5 cm³/mol. The molecule has 1 fully saturated rings. The molecule has 1 heterocycles. The molecule has 3 nitrogen and oxygen atoms in total. The fraction of sp³-hybridized carbons (Fsp3) is 0.500. The molecular formula is C12H16ClNO2. The zero-order valence-corrected chi connectivity index (χ0v) is 10.1. The second-order valence-corrected chi connectivity index (χ2v) is 4.49. The summed E-state index contributed by atoms with van der Waals surface area (Å²) in [6.07, 6.45) is 1.62. The largest absolute Gasteiger partial charge is 0.495 e. The molecule has 0 radical (unpaired) electrons. The highest BCUT2D eigenvalue weighted by Crippen LogP contribution is 2.32. The van der Waals surface area contributed by atoms with Gasteiger partial charge in [-0.3, -0.25) is 0 Å². The van der Waals surface area contributed by atoms with Crippen molar-refractivity contribution in [1.82, 2.24) is 0 Å². The molecular weight excluding hydrogens is 226 g/mol. The lowest BCUT2D eigenvalue weighted by molar-refractivity contribution is 0.154. The van der Waals surface area contributed by atoms with Crippen LogP contribution in [-0.4, -0.2) is 31.4 Å². The molecule has 1 aromatic rings. The minimum absolute atomic E-state index is 0.252. The Morgan fingerprint density at radius 3 is 3.00 bits per heavy atom. The minimum Gasteiger partial charge on any atom is -0.495 e. The van der Waals surface area contributed by atoms with Crippen molar-refractivity contribution in [3.05, 3.63) is 23.2 Å². The highest BCUT2D eigenvalue weighted by Gasteiger charge is 2.20. The van der Waals surface area contributed by atoms with E-state index in [1.165, 1.54) is 0 Å². The van der Waals surface area contributed by atoms with Gasteiger partial charge < -0.3 is 14.7 Å². The Balaban J connectivity index is 2.26. The van der Waals surface area contributed by atoms with E-state index in [1.807, 2.05) is 18.2 Å². The molecule has 0 aliphatic carbocycles. The minimum atomic E-state index is -0.252. The topological polar surface area (TPSA) is 32.7 Å².